The van der Waals surface area contributed by atoms with Crippen LogP contribution >= 0.6 is 47.2 Å². The molecule has 1 fully saturated rings. The van der Waals surface area contributed by atoms with Gasteiger partial charge in [0.25, 0.3) is 5.91 Å². The van der Waals surface area contributed by atoms with Crippen molar-refractivity contribution >= 4 is 63.5 Å². The molecule has 1 aliphatic heterocycles. The number of ether oxygens (including phenoxy) is 2. The van der Waals surface area contributed by atoms with Gasteiger partial charge < -0.3 is 9.47 Å². The van der Waals surface area contributed by atoms with Crippen molar-refractivity contribution in [2.75, 3.05) is 7.11 Å². The number of halogens is 2. The molecule has 0 unspecified atom stereocenters. The van der Waals surface area contributed by atoms with Crippen LogP contribution in [0.25, 0.3) is 6.08 Å². The van der Waals surface area contributed by atoms with Crippen LogP contribution in [0.4, 0.5) is 0 Å². The van der Waals surface area contributed by atoms with Crippen molar-refractivity contribution in [2.24, 2.45) is 0 Å². The van der Waals surface area contributed by atoms with Crippen molar-refractivity contribution in [1.29, 1.82) is 0 Å². The van der Waals surface area contributed by atoms with Crippen LogP contribution in [0.3, 0.4) is 0 Å². The molecule has 0 spiro atoms. The first-order valence-corrected chi connectivity index (χ1v) is 12.0. The van der Waals surface area contributed by atoms with Gasteiger partial charge in [0.05, 0.1) is 18.6 Å². The lowest BCUT2D eigenvalue weighted by Crippen LogP contribution is -2.27. The largest absolute Gasteiger partial charge is 0.493 e. The summed E-state index contributed by atoms with van der Waals surface area (Å²) in [6.45, 7) is 0.649. The number of benzene rings is 3. The number of methoxy groups -OCH3 is 1. The third-order valence-corrected chi connectivity index (χ3v) is 7.06. The molecule has 168 valence electrons. The van der Waals surface area contributed by atoms with E-state index in [4.69, 9.17) is 44.9 Å². The first-order valence-electron chi connectivity index (χ1n) is 9.99. The van der Waals surface area contributed by atoms with E-state index in [9.17, 15) is 4.79 Å². The van der Waals surface area contributed by atoms with E-state index in [1.807, 2.05) is 48.5 Å². The van der Waals surface area contributed by atoms with E-state index in [1.165, 1.54) is 11.8 Å². The van der Waals surface area contributed by atoms with E-state index < -0.39 is 0 Å². The lowest BCUT2D eigenvalue weighted by atomic mass is 10.1. The molecule has 1 heterocycles. The molecule has 3 aromatic rings. The number of carbonyl (C=O) groups is 1. The molecule has 0 aliphatic carbocycles. The number of nitrogens with zero attached hydrogens (tertiary/aromatic N) is 1. The van der Waals surface area contributed by atoms with Crippen LogP contribution in [0.15, 0.2) is 71.6 Å². The van der Waals surface area contributed by atoms with Crippen LogP contribution in [0.1, 0.15) is 16.7 Å². The smallest absolute Gasteiger partial charge is 0.266 e. The number of thioether (sulfide) groups is 1. The zero-order chi connectivity index (χ0) is 23.4. The molecule has 4 nitrogen and oxygen atoms in total. The van der Waals surface area contributed by atoms with Gasteiger partial charge in [-0.3, -0.25) is 9.69 Å². The molecular formula is C25H19Cl2NO3S2. The zero-order valence-corrected chi connectivity index (χ0v) is 20.7. The average Bonchev–Trinajstić information content (AvgIpc) is 3.07. The second-order valence-electron chi connectivity index (χ2n) is 7.15. The summed E-state index contributed by atoms with van der Waals surface area (Å²) in [6, 6.07) is 20.5. The molecule has 0 atom stereocenters. The van der Waals surface area contributed by atoms with Gasteiger partial charge in [-0.2, -0.15) is 0 Å². The predicted octanol–water partition coefficient (Wildman–Crippen LogP) is 6.98. The summed E-state index contributed by atoms with van der Waals surface area (Å²) >= 11 is 19.2. The number of carbonyl (C=O) groups excluding carboxylic acids is 1. The second kappa shape index (κ2) is 10.6. The van der Waals surface area contributed by atoms with E-state index in [2.05, 4.69) is 0 Å². The average molecular weight is 516 g/mol. The minimum Gasteiger partial charge on any atom is -0.493 e. The lowest BCUT2D eigenvalue weighted by molar-refractivity contribution is -0.122. The molecular weight excluding hydrogens is 497 g/mol. The van der Waals surface area contributed by atoms with E-state index >= 15 is 0 Å². The highest BCUT2D eigenvalue weighted by atomic mass is 35.5. The highest BCUT2D eigenvalue weighted by molar-refractivity contribution is 8.26. The molecule has 4 rings (SSSR count). The summed E-state index contributed by atoms with van der Waals surface area (Å²) in [7, 11) is 1.56. The number of hydrogen-bond acceptors (Lipinski definition) is 5. The minimum atomic E-state index is -0.110. The fraction of sp³-hybridized carbons (Fsp3) is 0.120. The van der Waals surface area contributed by atoms with Crippen LogP contribution < -0.4 is 9.47 Å². The standard InChI is InChI=1S/C25H19Cl2NO3S2/c1-30-22-12-17(10-11-21(22)31-15-18-19(26)8-5-9-20(18)27)13-23-24(29)28(25(32)33-23)14-16-6-3-2-4-7-16/h2-13H,14-15H2,1H3/b23-13-. The molecule has 0 bridgehead atoms. The Labute approximate surface area is 212 Å². The summed E-state index contributed by atoms with van der Waals surface area (Å²) < 4.78 is 11.9. The molecule has 0 N–H and O–H groups in total. The van der Waals surface area contributed by atoms with Gasteiger partial charge in [0.2, 0.25) is 0 Å². The Morgan fingerprint density at radius 3 is 2.42 bits per heavy atom. The molecule has 0 aromatic heterocycles. The number of hydrogen-bond donors (Lipinski definition) is 0. The topological polar surface area (TPSA) is 38.8 Å². The van der Waals surface area contributed by atoms with Crippen molar-refractivity contribution < 1.29 is 14.3 Å². The summed E-state index contributed by atoms with van der Waals surface area (Å²) in [5.41, 5.74) is 2.53. The van der Waals surface area contributed by atoms with Crippen molar-refractivity contribution in [3.8, 4) is 11.5 Å². The Morgan fingerprint density at radius 2 is 1.73 bits per heavy atom. The van der Waals surface area contributed by atoms with Crippen LogP contribution in [-0.2, 0) is 17.9 Å². The fourth-order valence-electron chi connectivity index (χ4n) is 3.27. The molecule has 8 heteroatoms. The Balaban J connectivity index is 1.50. The first-order chi connectivity index (χ1) is 16.0. The van der Waals surface area contributed by atoms with Crippen LogP contribution in [0, 0.1) is 0 Å². The van der Waals surface area contributed by atoms with Gasteiger partial charge in [0, 0.05) is 15.6 Å². The number of thiocarbonyl (C=S) groups is 1. The summed E-state index contributed by atoms with van der Waals surface area (Å²) in [5.74, 6) is 0.968. The molecule has 0 radical (unpaired) electrons. The highest BCUT2D eigenvalue weighted by Gasteiger charge is 2.32. The second-order valence-corrected chi connectivity index (χ2v) is 9.64. The summed E-state index contributed by atoms with van der Waals surface area (Å²) in [6.07, 6.45) is 1.81. The van der Waals surface area contributed by atoms with Gasteiger partial charge in [-0.25, -0.2) is 0 Å². The van der Waals surface area contributed by atoms with E-state index in [0.717, 1.165) is 11.1 Å². The molecule has 1 saturated heterocycles. The van der Waals surface area contributed by atoms with Gasteiger partial charge in [0.15, 0.2) is 11.5 Å². The molecule has 1 amide bonds. The quantitative estimate of drug-likeness (QED) is 0.250. The number of rotatable bonds is 7. The maximum atomic E-state index is 12.9. The maximum absolute atomic E-state index is 12.9. The van der Waals surface area contributed by atoms with Gasteiger partial charge in [0.1, 0.15) is 10.9 Å². The Kier molecular flexibility index (Phi) is 7.60. The lowest BCUT2D eigenvalue weighted by Gasteiger charge is -2.14. The maximum Gasteiger partial charge on any atom is 0.266 e. The Bertz CT molecular complexity index is 1210. The summed E-state index contributed by atoms with van der Waals surface area (Å²) in [5, 5.41) is 1.08. The SMILES string of the molecule is COc1cc(/C=C2\SC(=S)N(Cc3ccccc3)C2=O)ccc1OCc1c(Cl)cccc1Cl. The van der Waals surface area contributed by atoms with Crippen LogP contribution in [-0.4, -0.2) is 22.2 Å². The monoisotopic (exact) mass is 515 g/mol. The highest BCUT2D eigenvalue weighted by Crippen LogP contribution is 2.36. The number of amides is 1. The molecule has 0 saturated carbocycles. The van der Waals surface area contributed by atoms with Crippen LogP contribution in [0.2, 0.25) is 10.0 Å². The van der Waals surface area contributed by atoms with Gasteiger partial charge in [-0.05, 0) is 41.5 Å². The third-order valence-electron chi connectivity index (χ3n) is 4.98. The van der Waals surface area contributed by atoms with E-state index in [1.54, 1.807) is 36.3 Å². The van der Waals surface area contributed by atoms with E-state index in [0.29, 0.717) is 42.9 Å². The molecule has 1 aliphatic rings. The Hall–Kier alpha value is -2.51. The molecule has 3 aromatic carbocycles. The normalized spacial score (nSPS) is 14.8. The van der Waals surface area contributed by atoms with Crippen molar-refractivity contribution in [1.82, 2.24) is 4.90 Å². The minimum absolute atomic E-state index is 0.110. The van der Waals surface area contributed by atoms with Gasteiger partial charge in [-0.1, -0.05) is 89.6 Å². The van der Waals surface area contributed by atoms with E-state index in [-0.39, 0.29) is 12.5 Å². The van der Waals surface area contributed by atoms with Crippen LogP contribution in [0.5, 0.6) is 11.5 Å². The Morgan fingerprint density at radius 1 is 1.00 bits per heavy atom. The van der Waals surface area contributed by atoms with Gasteiger partial charge >= 0.3 is 0 Å². The fourth-order valence-corrected chi connectivity index (χ4v) is 5.03. The van der Waals surface area contributed by atoms with Crippen molar-refractivity contribution in [3.63, 3.8) is 0 Å². The summed E-state index contributed by atoms with van der Waals surface area (Å²) in [4.78, 5) is 15.1. The first kappa shape index (κ1) is 23.6. The zero-order valence-electron chi connectivity index (χ0n) is 17.6. The third kappa shape index (κ3) is 5.53. The molecule has 33 heavy (non-hydrogen) atoms. The van der Waals surface area contributed by atoms with Crippen molar-refractivity contribution in [2.45, 2.75) is 13.2 Å². The van der Waals surface area contributed by atoms with Crippen molar-refractivity contribution in [3.05, 3.63) is 98.4 Å². The predicted molar refractivity (Wildman–Crippen MR) is 139 cm³/mol. The van der Waals surface area contributed by atoms with Gasteiger partial charge in [-0.15, -0.1) is 0 Å².